The lowest BCUT2D eigenvalue weighted by atomic mass is 9.99. The molecule has 0 atom stereocenters. The van der Waals surface area contributed by atoms with E-state index in [9.17, 15) is 0 Å². The first-order valence-electron chi connectivity index (χ1n) is 14.4. The minimum absolute atomic E-state index is 0.146. The molecule has 0 radical (unpaired) electrons. The largest absolute Gasteiger partial charge is 0.310 e. The lowest BCUT2D eigenvalue weighted by Gasteiger charge is -2.26. The van der Waals surface area contributed by atoms with Gasteiger partial charge in [0.2, 0.25) is 0 Å². The highest BCUT2D eigenvalue weighted by Crippen LogP contribution is 2.45. The van der Waals surface area contributed by atoms with E-state index in [1.165, 1.54) is 0 Å². The Balaban J connectivity index is 1.51. The highest BCUT2D eigenvalue weighted by atomic mass is 35.5. The van der Waals surface area contributed by atoms with Crippen molar-refractivity contribution in [2.24, 2.45) is 0 Å². The maximum Gasteiger partial charge on any atom is 0.0629 e. The summed E-state index contributed by atoms with van der Waals surface area (Å²) in [7, 11) is 0. The second kappa shape index (κ2) is 9.08. The van der Waals surface area contributed by atoms with Crippen LogP contribution in [0.4, 0.5) is 17.1 Å². The van der Waals surface area contributed by atoms with Gasteiger partial charge in [0.25, 0.3) is 0 Å². The Hall–Kier alpha value is -4.11. The van der Waals surface area contributed by atoms with E-state index in [1.807, 2.05) is 36.4 Å². The molecule has 3 heteroatoms. The van der Waals surface area contributed by atoms with Crippen LogP contribution in [0, 0.1) is 0 Å². The lowest BCUT2D eigenvalue weighted by Crippen LogP contribution is -2.09. The van der Waals surface area contributed by atoms with E-state index in [4.69, 9.17) is 18.5 Å². The predicted molar refractivity (Wildman–Crippen MR) is 162 cm³/mol. The number of hydrogen-bond donors (Lipinski definition) is 0. The molecule has 0 aliphatic heterocycles. The monoisotopic (exact) mass is 516 g/mol. The van der Waals surface area contributed by atoms with Crippen LogP contribution in [0.15, 0.2) is 133 Å². The van der Waals surface area contributed by atoms with Crippen molar-refractivity contribution in [3.8, 4) is 11.1 Å². The normalized spacial score (nSPS) is 13.3. The van der Waals surface area contributed by atoms with Crippen LogP contribution in [0.2, 0.25) is 5.02 Å². The number of thiophene rings is 1. The molecule has 0 aliphatic carbocycles. The van der Waals surface area contributed by atoms with Gasteiger partial charge >= 0.3 is 0 Å². The van der Waals surface area contributed by atoms with E-state index in [0.717, 1.165) is 48.0 Å². The van der Waals surface area contributed by atoms with Gasteiger partial charge in [-0.1, -0.05) is 90.3 Å². The summed E-state index contributed by atoms with van der Waals surface area (Å²) in [6.45, 7) is 0. The second-order valence-corrected chi connectivity index (χ2v) is 10.3. The molecule has 0 unspecified atom stereocenters. The van der Waals surface area contributed by atoms with Gasteiger partial charge in [0.15, 0.2) is 0 Å². The topological polar surface area (TPSA) is 3.24 Å². The molecule has 0 fully saturated rings. The number of halogens is 1. The van der Waals surface area contributed by atoms with Crippen LogP contribution >= 0.6 is 22.9 Å². The van der Waals surface area contributed by atoms with Crippen LogP contribution in [0.3, 0.4) is 0 Å². The molecule has 37 heavy (non-hydrogen) atoms. The zero-order valence-electron chi connectivity index (χ0n) is 24.5. The third kappa shape index (κ3) is 3.95. The Morgan fingerprint density at radius 2 is 1.35 bits per heavy atom. The van der Waals surface area contributed by atoms with Gasteiger partial charge < -0.3 is 4.90 Å². The van der Waals surface area contributed by atoms with Crippen molar-refractivity contribution >= 4 is 70.9 Å². The molecule has 1 aromatic heterocycles. The molecule has 7 rings (SSSR count). The number of para-hydroxylation sites is 1. The number of fused-ring (bicyclic) bond motifs is 4. The standard InChI is InChI=1S/C34H22ClNS/c35-26-20-30(24-10-3-1-4-11-24)34-31-22-29(17-18-32(31)37-33(34)21-26)36(27-13-5-2-6-14-27)28-16-15-23-9-7-8-12-25(23)19-28/h1-22H/i1D,3D,4D,10D,11D. The molecule has 1 heterocycles. The first kappa shape index (κ1) is 17.4. The van der Waals surface area contributed by atoms with E-state index in [-0.39, 0.29) is 29.7 Å². The number of benzene rings is 6. The van der Waals surface area contributed by atoms with Gasteiger partial charge in [-0.15, -0.1) is 11.3 Å². The molecule has 0 saturated heterocycles. The number of hydrogen-bond acceptors (Lipinski definition) is 2. The number of anilines is 3. The van der Waals surface area contributed by atoms with Crippen LogP contribution in [-0.2, 0) is 0 Å². The molecule has 0 N–H and O–H groups in total. The van der Waals surface area contributed by atoms with E-state index >= 15 is 0 Å². The van der Waals surface area contributed by atoms with Crippen LogP contribution < -0.4 is 4.90 Å². The predicted octanol–water partition coefficient (Wildman–Crippen LogP) is 11.0. The average Bonchev–Trinajstić information content (AvgIpc) is 3.37. The zero-order chi connectivity index (χ0) is 29.1. The van der Waals surface area contributed by atoms with Crippen LogP contribution in [0.1, 0.15) is 6.85 Å². The minimum atomic E-state index is -0.418. The van der Waals surface area contributed by atoms with Crippen molar-refractivity contribution < 1.29 is 6.85 Å². The Kier molecular flexibility index (Phi) is 4.26. The molecular weight excluding hydrogens is 490 g/mol. The third-order valence-electron chi connectivity index (χ3n) is 6.55. The van der Waals surface area contributed by atoms with Crippen molar-refractivity contribution in [2.45, 2.75) is 0 Å². The van der Waals surface area contributed by atoms with Crippen molar-refractivity contribution in [3.63, 3.8) is 0 Å². The maximum atomic E-state index is 8.66. The van der Waals surface area contributed by atoms with Crippen molar-refractivity contribution in [2.75, 3.05) is 4.90 Å². The van der Waals surface area contributed by atoms with E-state index < -0.39 is 6.04 Å². The Morgan fingerprint density at radius 1 is 0.622 bits per heavy atom. The summed E-state index contributed by atoms with van der Waals surface area (Å²) in [5.41, 5.74) is 3.61. The Bertz CT molecular complexity index is 2150. The summed E-state index contributed by atoms with van der Waals surface area (Å²) in [4.78, 5) is 2.20. The van der Waals surface area contributed by atoms with Gasteiger partial charge in [-0.3, -0.25) is 0 Å². The highest BCUT2D eigenvalue weighted by molar-refractivity contribution is 7.26. The molecule has 0 amide bonds. The second-order valence-electron chi connectivity index (χ2n) is 8.81. The van der Waals surface area contributed by atoms with Gasteiger partial charge in [0.1, 0.15) is 0 Å². The van der Waals surface area contributed by atoms with Gasteiger partial charge in [-0.25, -0.2) is 0 Å². The summed E-state index contributed by atoms with van der Waals surface area (Å²) < 4.78 is 43.8. The van der Waals surface area contributed by atoms with E-state index in [2.05, 4.69) is 65.6 Å². The van der Waals surface area contributed by atoms with Crippen molar-refractivity contribution in [1.29, 1.82) is 0 Å². The van der Waals surface area contributed by atoms with Crippen LogP contribution in [0.25, 0.3) is 42.1 Å². The van der Waals surface area contributed by atoms with Crippen molar-refractivity contribution in [1.82, 2.24) is 0 Å². The summed E-state index contributed by atoms with van der Waals surface area (Å²) >= 11 is 8.12. The SMILES string of the molecule is [2H]c1c([2H])c([2H])c(-c2cc(Cl)cc3sc4ccc(N(c5ccccc5)c5ccc6ccccc6c5)cc4c23)c([2H])c1[2H]. The van der Waals surface area contributed by atoms with Crippen LogP contribution in [-0.4, -0.2) is 0 Å². The summed E-state index contributed by atoms with van der Waals surface area (Å²) in [6, 6.07) is 33.1. The molecule has 0 bridgehead atoms. The third-order valence-corrected chi connectivity index (χ3v) is 7.89. The quantitative estimate of drug-likeness (QED) is 0.225. The van der Waals surface area contributed by atoms with E-state index in [0.29, 0.717) is 10.6 Å². The smallest absolute Gasteiger partial charge is 0.0629 e. The maximum absolute atomic E-state index is 8.66. The first-order chi connectivity index (χ1) is 20.3. The van der Waals surface area contributed by atoms with Crippen molar-refractivity contribution in [3.05, 3.63) is 138 Å². The zero-order valence-corrected chi connectivity index (χ0v) is 21.1. The summed E-state index contributed by atoms with van der Waals surface area (Å²) in [5.74, 6) is 0. The summed E-state index contributed by atoms with van der Waals surface area (Å²) in [6.07, 6.45) is 0. The fourth-order valence-electron chi connectivity index (χ4n) is 4.92. The number of rotatable bonds is 4. The molecule has 1 nitrogen and oxygen atoms in total. The van der Waals surface area contributed by atoms with E-state index in [1.54, 1.807) is 17.4 Å². The average molecular weight is 517 g/mol. The van der Waals surface area contributed by atoms with Gasteiger partial charge in [0, 0.05) is 42.3 Å². The fraction of sp³-hybridized carbons (Fsp3) is 0. The summed E-state index contributed by atoms with van der Waals surface area (Å²) in [5, 5.41) is 4.47. The minimum Gasteiger partial charge on any atom is -0.310 e. The Labute approximate surface area is 231 Å². The molecular formula is C34H22ClNS. The number of nitrogens with zero attached hydrogens (tertiary/aromatic N) is 1. The van der Waals surface area contributed by atoms with Gasteiger partial charge in [0.05, 0.1) is 6.85 Å². The molecule has 0 aliphatic rings. The molecule has 0 spiro atoms. The lowest BCUT2D eigenvalue weighted by molar-refractivity contribution is 1.30. The fourth-order valence-corrected chi connectivity index (χ4v) is 6.36. The van der Waals surface area contributed by atoms with Crippen LogP contribution in [0.5, 0.6) is 0 Å². The molecule has 6 aromatic carbocycles. The Morgan fingerprint density at radius 3 is 2.19 bits per heavy atom. The first-order valence-corrected chi connectivity index (χ1v) is 13.1. The molecule has 176 valence electrons. The van der Waals surface area contributed by atoms with Gasteiger partial charge in [-0.2, -0.15) is 0 Å². The van der Waals surface area contributed by atoms with Gasteiger partial charge in [-0.05, 0) is 76.5 Å². The highest BCUT2D eigenvalue weighted by Gasteiger charge is 2.17. The molecule has 0 saturated carbocycles. The molecule has 7 aromatic rings.